The molecule has 0 aliphatic heterocycles. The molecule has 3 nitrogen and oxygen atoms in total. The minimum Gasteiger partial charge on any atom is -0.314 e. The van der Waals surface area contributed by atoms with Crippen LogP contribution in [0.1, 0.15) is 30.5 Å². The fourth-order valence-corrected chi connectivity index (χ4v) is 4.46. The van der Waals surface area contributed by atoms with Crippen molar-refractivity contribution in [3.63, 3.8) is 0 Å². The number of thiazole rings is 1. The highest BCUT2D eigenvalue weighted by Crippen LogP contribution is 2.26. The molecule has 2 aromatic heterocycles. The molecule has 2 aromatic carbocycles. The van der Waals surface area contributed by atoms with Gasteiger partial charge in [-0.1, -0.05) is 60.2 Å². The van der Waals surface area contributed by atoms with Gasteiger partial charge in [0.15, 0.2) is 4.80 Å². The van der Waals surface area contributed by atoms with Crippen molar-refractivity contribution in [2.75, 3.05) is 0 Å². The number of hydrogen-bond acceptors (Lipinski definition) is 3. The first kappa shape index (κ1) is 19.3. The van der Waals surface area contributed by atoms with Gasteiger partial charge in [-0.15, -0.1) is 11.3 Å². The Morgan fingerprint density at radius 2 is 1.79 bits per heavy atom. The van der Waals surface area contributed by atoms with Crippen LogP contribution in [0.4, 0.5) is 5.69 Å². The summed E-state index contributed by atoms with van der Waals surface area (Å²) in [5.41, 5.74) is 5.98. The molecular weight excluding hydrogens is 374 g/mol. The summed E-state index contributed by atoms with van der Waals surface area (Å²) in [6.07, 6.45) is 5.69. The van der Waals surface area contributed by atoms with Crippen molar-refractivity contribution in [2.24, 2.45) is 4.99 Å². The molecule has 0 aliphatic rings. The van der Waals surface area contributed by atoms with E-state index in [1.54, 1.807) is 17.5 Å². The van der Waals surface area contributed by atoms with Gasteiger partial charge in [0.2, 0.25) is 0 Å². The quantitative estimate of drug-likeness (QED) is 0.372. The zero-order valence-corrected chi connectivity index (χ0v) is 17.6. The van der Waals surface area contributed by atoms with Gasteiger partial charge in [0.1, 0.15) is 0 Å². The SMILES string of the molecule is Cc1ccc(-c2csc(=Nc3cccnc3)n2C(C)CCc2ccccc2)cc1. The Balaban J connectivity index is 1.72. The first-order valence-corrected chi connectivity index (χ1v) is 10.8. The molecule has 29 heavy (non-hydrogen) atoms. The van der Waals surface area contributed by atoms with E-state index in [1.165, 1.54) is 22.4 Å². The maximum atomic E-state index is 4.90. The topological polar surface area (TPSA) is 30.2 Å². The number of benzene rings is 2. The molecule has 0 aliphatic carbocycles. The lowest BCUT2D eigenvalue weighted by Crippen LogP contribution is -2.20. The van der Waals surface area contributed by atoms with Gasteiger partial charge in [0.05, 0.1) is 17.6 Å². The summed E-state index contributed by atoms with van der Waals surface area (Å²) >= 11 is 1.69. The Labute approximate surface area is 176 Å². The number of aromatic nitrogens is 2. The highest BCUT2D eigenvalue weighted by molar-refractivity contribution is 7.07. The predicted octanol–water partition coefficient (Wildman–Crippen LogP) is 6.35. The van der Waals surface area contributed by atoms with E-state index in [2.05, 4.69) is 83.4 Å². The zero-order chi connectivity index (χ0) is 20.1. The first-order valence-electron chi connectivity index (χ1n) is 9.96. The van der Waals surface area contributed by atoms with Crippen LogP contribution in [0.5, 0.6) is 0 Å². The van der Waals surface area contributed by atoms with E-state index >= 15 is 0 Å². The van der Waals surface area contributed by atoms with Crippen LogP contribution in [-0.2, 0) is 6.42 Å². The Kier molecular flexibility index (Phi) is 6.01. The largest absolute Gasteiger partial charge is 0.314 e. The molecule has 0 spiro atoms. The average Bonchev–Trinajstić information content (AvgIpc) is 3.17. The summed E-state index contributed by atoms with van der Waals surface area (Å²) in [7, 11) is 0. The Bertz CT molecular complexity index is 1110. The molecule has 1 atom stereocenters. The number of rotatable bonds is 6. The van der Waals surface area contributed by atoms with Gasteiger partial charge in [-0.3, -0.25) is 4.98 Å². The third-order valence-corrected chi connectivity index (χ3v) is 5.93. The number of hydrogen-bond donors (Lipinski definition) is 0. The van der Waals surface area contributed by atoms with Crippen molar-refractivity contribution < 1.29 is 0 Å². The molecule has 4 rings (SSSR count). The summed E-state index contributed by atoms with van der Waals surface area (Å²) in [5, 5.41) is 2.22. The van der Waals surface area contributed by atoms with Crippen molar-refractivity contribution in [3.05, 3.63) is 100 Å². The lowest BCUT2D eigenvalue weighted by Gasteiger charge is -2.18. The van der Waals surface area contributed by atoms with E-state index in [0.717, 1.165) is 23.3 Å². The third kappa shape index (κ3) is 4.72. The van der Waals surface area contributed by atoms with Gasteiger partial charge >= 0.3 is 0 Å². The van der Waals surface area contributed by atoms with Gasteiger partial charge in [-0.2, -0.15) is 0 Å². The van der Waals surface area contributed by atoms with Crippen LogP contribution in [0.2, 0.25) is 0 Å². The highest BCUT2D eigenvalue weighted by atomic mass is 32.1. The van der Waals surface area contributed by atoms with Crippen molar-refractivity contribution >= 4 is 17.0 Å². The molecule has 0 N–H and O–H groups in total. The van der Waals surface area contributed by atoms with Gasteiger partial charge in [0, 0.05) is 17.6 Å². The minimum atomic E-state index is 0.327. The van der Waals surface area contributed by atoms with Gasteiger partial charge in [-0.05, 0) is 49.9 Å². The molecule has 0 saturated carbocycles. The minimum absolute atomic E-state index is 0.327. The van der Waals surface area contributed by atoms with Gasteiger partial charge < -0.3 is 4.57 Å². The number of aryl methyl sites for hydroxylation is 2. The van der Waals surface area contributed by atoms with Crippen molar-refractivity contribution in [2.45, 2.75) is 32.7 Å². The molecule has 1 unspecified atom stereocenters. The van der Waals surface area contributed by atoms with Crippen LogP contribution in [0.3, 0.4) is 0 Å². The lowest BCUT2D eigenvalue weighted by molar-refractivity contribution is 0.501. The number of nitrogens with zero attached hydrogens (tertiary/aromatic N) is 3. The molecule has 0 radical (unpaired) electrons. The Hall–Kier alpha value is -2.98. The van der Waals surface area contributed by atoms with E-state index in [0.29, 0.717) is 6.04 Å². The molecule has 0 bridgehead atoms. The molecule has 0 fully saturated rings. The van der Waals surface area contributed by atoms with Crippen LogP contribution in [0.15, 0.2) is 89.5 Å². The average molecular weight is 400 g/mol. The lowest BCUT2D eigenvalue weighted by atomic mass is 10.0. The number of pyridine rings is 1. The van der Waals surface area contributed by atoms with Crippen LogP contribution in [-0.4, -0.2) is 9.55 Å². The van der Waals surface area contributed by atoms with E-state index < -0.39 is 0 Å². The smallest absolute Gasteiger partial charge is 0.190 e. The summed E-state index contributed by atoms with van der Waals surface area (Å²) in [6.45, 7) is 4.41. The Morgan fingerprint density at radius 3 is 2.52 bits per heavy atom. The maximum Gasteiger partial charge on any atom is 0.190 e. The van der Waals surface area contributed by atoms with E-state index in [1.807, 2.05) is 18.3 Å². The van der Waals surface area contributed by atoms with E-state index in [-0.39, 0.29) is 0 Å². The molecule has 2 heterocycles. The maximum absolute atomic E-state index is 4.90. The van der Waals surface area contributed by atoms with Crippen molar-refractivity contribution in [1.29, 1.82) is 0 Å². The first-order chi connectivity index (χ1) is 14.2. The fraction of sp³-hybridized carbons (Fsp3) is 0.200. The summed E-state index contributed by atoms with van der Waals surface area (Å²) < 4.78 is 2.38. The molecule has 4 aromatic rings. The van der Waals surface area contributed by atoms with E-state index in [9.17, 15) is 0 Å². The molecular formula is C25H25N3S. The summed E-state index contributed by atoms with van der Waals surface area (Å²) in [5.74, 6) is 0. The van der Waals surface area contributed by atoms with Crippen molar-refractivity contribution in [1.82, 2.24) is 9.55 Å². The normalized spacial score (nSPS) is 12.8. The van der Waals surface area contributed by atoms with Crippen molar-refractivity contribution in [3.8, 4) is 11.3 Å². The molecule has 146 valence electrons. The zero-order valence-electron chi connectivity index (χ0n) is 16.8. The Morgan fingerprint density at radius 1 is 1.00 bits per heavy atom. The second kappa shape index (κ2) is 9.01. The molecule has 0 saturated heterocycles. The van der Waals surface area contributed by atoms with Crippen LogP contribution < -0.4 is 4.80 Å². The summed E-state index contributed by atoms with van der Waals surface area (Å²) in [4.78, 5) is 10.1. The van der Waals surface area contributed by atoms with Crippen LogP contribution in [0.25, 0.3) is 11.3 Å². The van der Waals surface area contributed by atoms with E-state index in [4.69, 9.17) is 4.99 Å². The monoisotopic (exact) mass is 399 g/mol. The van der Waals surface area contributed by atoms with Crippen LogP contribution in [0, 0.1) is 6.92 Å². The standard InChI is InChI=1S/C25H25N3S/c1-19-10-14-22(15-11-19)24-18-29-25(27-23-9-6-16-26-17-23)28(24)20(2)12-13-21-7-4-3-5-8-21/h3-11,14-18,20H,12-13H2,1-2H3. The highest BCUT2D eigenvalue weighted by Gasteiger charge is 2.14. The van der Waals surface area contributed by atoms with Crippen LogP contribution >= 0.6 is 11.3 Å². The van der Waals surface area contributed by atoms with Gasteiger partial charge in [0.25, 0.3) is 0 Å². The third-order valence-electron chi connectivity index (χ3n) is 5.09. The summed E-state index contributed by atoms with van der Waals surface area (Å²) in [6, 6.07) is 23.7. The molecule has 4 heteroatoms. The fourth-order valence-electron chi connectivity index (χ4n) is 3.44. The predicted molar refractivity (Wildman–Crippen MR) is 121 cm³/mol. The second-order valence-corrected chi connectivity index (χ2v) is 8.17. The van der Waals surface area contributed by atoms with Gasteiger partial charge in [-0.25, -0.2) is 4.99 Å². The second-order valence-electron chi connectivity index (χ2n) is 7.34. The molecule has 0 amide bonds.